The van der Waals surface area contributed by atoms with Crippen LogP contribution in [0.5, 0.6) is 0 Å². The molecule has 2 radical (unpaired) electrons. The largest absolute Gasteiger partial charge is 0.305 e. The van der Waals surface area contributed by atoms with Gasteiger partial charge >= 0.3 is 0 Å². The summed E-state index contributed by atoms with van der Waals surface area (Å²) in [6.07, 6.45) is 0. The molecule has 2 aromatic rings. The number of benzene rings is 1. The van der Waals surface area contributed by atoms with E-state index in [1.807, 2.05) is 17.4 Å². The maximum atomic E-state index is 5.94. The third-order valence-electron chi connectivity index (χ3n) is 3.23. The van der Waals surface area contributed by atoms with Crippen molar-refractivity contribution in [1.29, 1.82) is 0 Å². The summed E-state index contributed by atoms with van der Waals surface area (Å²) in [5.74, 6) is 0. The van der Waals surface area contributed by atoms with Crippen molar-refractivity contribution in [2.45, 2.75) is 32.7 Å². The van der Waals surface area contributed by atoms with Crippen LogP contribution in [0.25, 0.3) is 10.4 Å². The highest BCUT2D eigenvalue weighted by Gasteiger charge is 2.17. The van der Waals surface area contributed by atoms with E-state index >= 15 is 0 Å². The molecule has 0 amide bonds. The van der Waals surface area contributed by atoms with E-state index in [0.717, 1.165) is 12.0 Å². The van der Waals surface area contributed by atoms with E-state index < -0.39 is 0 Å². The Bertz CT molecular complexity index is 593. The molecule has 1 aromatic carbocycles. The Morgan fingerprint density at radius 2 is 1.80 bits per heavy atom. The van der Waals surface area contributed by atoms with Crippen LogP contribution < -0.4 is 5.46 Å². The molecule has 1 heterocycles. The van der Waals surface area contributed by atoms with Gasteiger partial charge in [0, 0.05) is 16.3 Å². The molecule has 0 aliphatic heterocycles. The lowest BCUT2D eigenvalue weighted by Gasteiger charge is -2.16. The van der Waals surface area contributed by atoms with Gasteiger partial charge in [-0.15, -0.1) is 11.3 Å². The lowest BCUT2D eigenvalue weighted by atomic mass is 9.91. The number of nitrogens with zero attached hydrogens (tertiary/aromatic N) is 1. The van der Waals surface area contributed by atoms with Gasteiger partial charge in [-0.05, 0) is 42.8 Å². The van der Waals surface area contributed by atoms with Gasteiger partial charge in [-0.1, -0.05) is 44.4 Å². The molecule has 0 aliphatic rings. The van der Waals surface area contributed by atoms with Gasteiger partial charge in [-0.25, -0.2) is 0 Å². The first-order valence-electron chi connectivity index (χ1n) is 6.91. The van der Waals surface area contributed by atoms with Crippen molar-refractivity contribution < 1.29 is 0 Å². The summed E-state index contributed by atoms with van der Waals surface area (Å²) in [5.41, 5.74) is 3.63. The standard InChI is InChI=1S/C17H22BNS/c1-17(2,3)16-9-8-15(20-16)14-7-6-13(18)10-12(14)11-19(4)5/h6-10H,11H2,1-5H3. The highest BCUT2D eigenvalue weighted by molar-refractivity contribution is 7.15. The molecule has 0 fully saturated rings. The average Bonchev–Trinajstić information content (AvgIpc) is 2.77. The molecular weight excluding hydrogens is 261 g/mol. The normalized spacial score (nSPS) is 12.1. The van der Waals surface area contributed by atoms with Crippen LogP contribution in [-0.4, -0.2) is 26.8 Å². The Hall–Kier alpha value is -1.06. The summed E-state index contributed by atoms with van der Waals surface area (Å²) >= 11 is 1.88. The van der Waals surface area contributed by atoms with Gasteiger partial charge in [0.25, 0.3) is 0 Å². The Labute approximate surface area is 128 Å². The summed E-state index contributed by atoms with van der Waals surface area (Å²) in [6, 6.07) is 10.7. The third kappa shape index (κ3) is 3.53. The zero-order valence-corrected chi connectivity index (χ0v) is 13.8. The van der Waals surface area contributed by atoms with Gasteiger partial charge < -0.3 is 4.90 Å². The summed E-state index contributed by atoms with van der Waals surface area (Å²) in [4.78, 5) is 4.92. The van der Waals surface area contributed by atoms with Crippen molar-refractivity contribution in [3.63, 3.8) is 0 Å². The summed E-state index contributed by atoms with van der Waals surface area (Å²) in [6.45, 7) is 7.67. The van der Waals surface area contributed by atoms with E-state index in [0.29, 0.717) is 0 Å². The van der Waals surface area contributed by atoms with E-state index in [9.17, 15) is 0 Å². The lowest BCUT2D eigenvalue weighted by Crippen LogP contribution is -2.14. The SMILES string of the molecule is [B]c1ccc(-c2ccc(C(C)(C)C)s2)c(CN(C)C)c1. The van der Waals surface area contributed by atoms with Crippen molar-refractivity contribution in [3.05, 3.63) is 40.8 Å². The van der Waals surface area contributed by atoms with Crippen molar-refractivity contribution in [2.24, 2.45) is 0 Å². The van der Waals surface area contributed by atoms with Gasteiger partial charge in [0.1, 0.15) is 7.85 Å². The molecule has 20 heavy (non-hydrogen) atoms. The molecule has 2 rings (SSSR count). The van der Waals surface area contributed by atoms with E-state index in [1.54, 1.807) is 0 Å². The molecule has 0 spiro atoms. The molecule has 0 bridgehead atoms. The van der Waals surface area contributed by atoms with Crippen LogP contribution in [0.3, 0.4) is 0 Å². The average molecular weight is 283 g/mol. The van der Waals surface area contributed by atoms with Crippen LogP contribution in [-0.2, 0) is 12.0 Å². The fraction of sp³-hybridized carbons (Fsp3) is 0.412. The molecule has 0 N–H and O–H groups in total. The summed E-state index contributed by atoms with van der Waals surface area (Å²) in [5, 5.41) is 0. The van der Waals surface area contributed by atoms with Gasteiger partial charge in [0.2, 0.25) is 0 Å². The highest BCUT2D eigenvalue weighted by atomic mass is 32.1. The molecular formula is C17H22BNS. The second kappa shape index (κ2) is 5.75. The molecule has 0 saturated heterocycles. The molecule has 104 valence electrons. The Morgan fingerprint density at radius 3 is 2.35 bits per heavy atom. The monoisotopic (exact) mass is 283 g/mol. The number of hydrogen-bond donors (Lipinski definition) is 0. The molecule has 0 aliphatic carbocycles. The number of rotatable bonds is 3. The van der Waals surface area contributed by atoms with Crippen LogP contribution in [0.4, 0.5) is 0 Å². The van der Waals surface area contributed by atoms with E-state index in [4.69, 9.17) is 7.85 Å². The van der Waals surface area contributed by atoms with E-state index in [1.165, 1.54) is 20.9 Å². The molecule has 1 nitrogen and oxygen atoms in total. The van der Waals surface area contributed by atoms with Crippen molar-refractivity contribution in [1.82, 2.24) is 4.90 Å². The second-order valence-corrected chi connectivity index (χ2v) is 7.65. The van der Waals surface area contributed by atoms with Crippen LogP contribution >= 0.6 is 11.3 Å². The van der Waals surface area contributed by atoms with E-state index in [2.05, 4.69) is 64.0 Å². The topological polar surface area (TPSA) is 3.24 Å². The Balaban J connectivity index is 2.44. The predicted octanol–water partition coefficient (Wildman–Crippen LogP) is 3.57. The van der Waals surface area contributed by atoms with Crippen molar-refractivity contribution in [3.8, 4) is 10.4 Å². The zero-order chi connectivity index (χ0) is 14.9. The smallest absolute Gasteiger partial charge is 0.113 e. The van der Waals surface area contributed by atoms with Gasteiger partial charge in [0.15, 0.2) is 0 Å². The first kappa shape index (κ1) is 15.3. The number of hydrogen-bond acceptors (Lipinski definition) is 2. The number of thiophene rings is 1. The van der Waals surface area contributed by atoms with Gasteiger partial charge in [-0.3, -0.25) is 0 Å². The molecule has 3 heteroatoms. The fourth-order valence-electron chi connectivity index (χ4n) is 2.21. The van der Waals surface area contributed by atoms with Gasteiger partial charge in [0.05, 0.1) is 0 Å². The predicted molar refractivity (Wildman–Crippen MR) is 91.2 cm³/mol. The minimum absolute atomic E-state index is 0.207. The first-order chi connectivity index (χ1) is 9.27. The molecule has 0 atom stereocenters. The second-order valence-electron chi connectivity index (χ2n) is 6.57. The van der Waals surface area contributed by atoms with Crippen LogP contribution in [0.1, 0.15) is 31.2 Å². The molecule has 0 saturated carbocycles. The summed E-state index contributed by atoms with van der Waals surface area (Å²) < 4.78 is 0. The summed E-state index contributed by atoms with van der Waals surface area (Å²) in [7, 11) is 10.1. The Kier molecular flexibility index (Phi) is 4.41. The van der Waals surface area contributed by atoms with Crippen molar-refractivity contribution >= 4 is 24.6 Å². The highest BCUT2D eigenvalue weighted by Crippen LogP contribution is 2.36. The van der Waals surface area contributed by atoms with Crippen LogP contribution in [0.2, 0.25) is 0 Å². The first-order valence-corrected chi connectivity index (χ1v) is 7.73. The minimum Gasteiger partial charge on any atom is -0.305 e. The molecule has 1 aromatic heterocycles. The maximum absolute atomic E-state index is 5.94. The molecule has 0 unspecified atom stereocenters. The van der Waals surface area contributed by atoms with Crippen LogP contribution in [0, 0.1) is 0 Å². The zero-order valence-electron chi connectivity index (χ0n) is 13.0. The van der Waals surface area contributed by atoms with Gasteiger partial charge in [-0.2, -0.15) is 0 Å². The lowest BCUT2D eigenvalue weighted by molar-refractivity contribution is 0.403. The maximum Gasteiger partial charge on any atom is 0.113 e. The van der Waals surface area contributed by atoms with E-state index in [-0.39, 0.29) is 5.41 Å². The van der Waals surface area contributed by atoms with Crippen LogP contribution in [0.15, 0.2) is 30.3 Å². The Morgan fingerprint density at radius 1 is 1.10 bits per heavy atom. The van der Waals surface area contributed by atoms with Crippen molar-refractivity contribution in [2.75, 3.05) is 14.1 Å². The quantitative estimate of drug-likeness (QED) is 0.778. The fourth-order valence-corrected chi connectivity index (χ4v) is 3.34. The minimum atomic E-state index is 0.207. The third-order valence-corrected chi connectivity index (χ3v) is 4.77.